The van der Waals surface area contributed by atoms with Crippen LogP contribution in [0.15, 0.2) is 22.7 Å². The van der Waals surface area contributed by atoms with Crippen molar-refractivity contribution in [2.75, 3.05) is 20.1 Å². The Balaban J connectivity index is 2.66. The Hall–Kier alpha value is -0.630. The van der Waals surface area contributed by atoms with Gasteiger partial charge in [0.2, 0.25) is 5.91 Å². The van der Waals surface area contributed by atoms with Gasteiger partial charge in [0, 0.05) is 21.6 Å². The summed E-state index contributed by atoms with van der Waals surface area (Å²) in [5.74, 6) is -0.339. The molecule has 0 unspecified atom stereocenters. The largest absolute Gasteiger partial charge is 0.345 e. The highest BCUT2D eigenvalue weighted by atomic mass is 127. The van der Waals surface area contributed by atoms with Gasteiger partial charge < -0.3 is 10.2 Å². The molecule has 0 bridgehead atoms. The molecule has 0 saturated carbocycles. The molecule has 0 radical (unpaired) electrons. The lowest BCUT2D eigenvalue weighted by Crippen LogP contribution is -2.38. The highest BCUT2D eigenvalue weighted by molar-refractivity contribution is 14.1. The number of benzene rings is 1. The molecule has 18 heavy (non-hydrogen) atoms. The van der Waals surface area contributed by atoms with Crippen molar-refractivity contribution in [1.29, 1.82) is 0 Å². The molecule has 4 nitrogen and oxygen atoms in total. The molecule has 0 aliphatic rings. The second kappa shape index (κ2) is 7.08. The Morgan fingerprint density at radius 3 is 2.72 bits per heavy atom. The van der Waals surface area contributed by atoms with Gasteiger partial charge in [0.1, 0.15) is 0 Å². The zero-order valence-corrected chi connectivity index (χ0v) is 13.9. The number of carbonyl (C=O) groups is 2. The first-order valence-corrected chi connectivity index (χ1v) is 7.30. The van der Waals surface area contributed by atoms with Gasteiger partial charge in [-0.2, -0.15) is 0 Å². The minimum absolute atomic E-state index is 0.0196. The molecule has 98 valence electrons. The van der Waals surface area contributed by atoms with Crippen LogP contribution >= 0.6 is 38.5 Å². The molecule has 1 aromatic carbocycles. The van der Waals surface area contributed by atoms with Gasteiger partial charge in [-0.3, -0.25) is 9.59 Å². The Labute approximate surface area is 128 Å². The SMILES string of the molecule is CCN(C)C(=O)CNC(=O)c1cc(Br)ccc1I. The van der Waals surface area contributed by atoms with Gasteiger partial charge in [-0.15, -0.1) is 0 Å². The van der Waals surface area contributed by atoms with E-state index in [2.05, 4.69) is 43.8 Å². The van der Waals surface area contributed by atoms with Crippen LogP contribution in [0.5, 0.6) is 0 Å². The fourth-order valence-corrected chi connectivity index (χ4v) is 2.18. The zero-order chi connectivity index (χ0) is 13.7. The molecular weight excluding hydrogens is 411 g/mol. The maximum Gasteiger partial charge on any atom is 0.252 e. The van der Waals surface area contributed by atoms with Crippen molar-refractivity contribution in [2.45, 2.75) is 6.92 Å². The molecule has 1 rings (SSSR count). The second-order valence-electron chi connectivity index (χ2n) is 3.71. The van der Waals surface area contributed by atoms with Crippen molar-refractivity contribution in [3.05, 3.63) is 31.8 Å². The van der Waals surface area contributed by atoms with E-state index in [4.69, 9.17) is 0 Å². The van der Waals surface area contributed by atoms with Crippen LogP contribution in [0.25, 0.3) is 0 Å². The van der Waals surface area contributed by atoms with Gasteiger partial charge >= 0.3 is 0 Å². The minimum atomic E-state index is -0.237. The summed E-state index contributed by atoms with van der Waals surface area (Å²) < 4.78 is 1.69. The Kier molecular flexibility index (Phi) is 6.07. The van der Waals surface area contributed by atoms with Gasteiger partial charge in [-0.25, -0.2) is 0 Å². The number of carbonyl (C=O) groups excluding carboxylic acids is 2. The van der Waals surface area contributed by atoms with Crippen LogP contribution in [0.4, 0.5) is 0 Å². The predicted molar refractivity (Wildman–Crippen MR) is 82.5 cm³/mol. The van der Waals surface area contributed by atoms with Gasteiger partial charge in [0.25, 0.3) is 5.91 Å². The van der Waals surface area contributed by atoms with Gasteiger partial charge in [0.15, 0.2) is 0 Å². The molecule has 0 aromatic heterocycles. The third-order valence-electron chi connectivity index (χ3n) is 2.47. The Morgan fingerprint density at radius 1 is 1.44 bits per heavy atom. The van der Waals surface area contributed by atoms with E-state index in [1.165, 1.54) is 0 Å². The minimum Gasteiger partial charge on any atom is -0.345 e. The van der Waals surface area contributed by atoms with E-state index >= 15 is 0 Å². The third kappa shape index (κ3) is 4.24. The molecular formula is C12H14BrIN2O2. The van der Waals surface area contributed by atoms with Crippen LogP contribution in [0.1, 0.15) is 17.3 Å². The molecule has 2 amide bonds. The lowest BCUT2D eigenvalue weighted by atomic mass is 10.2. The topological polar surface area (TPSA) is 49.4 Å². The molecule has 0 aliphatic heterocycles. The van der Waals surface area contributed by atoms with E-state index < -0.39 is 0 Å². The molecule has 0 atom stereocenters. The van der Waals surface area contributed by atoms with Crippen LogP contribution in [0.2, 0.25) is 0 Å². The molecule has 0 fully saturated rings. The molecule has 6 heteroatoms. The Bertz CT molecular complexity index is 465. The predicted octanol–water partition coefficient (Wildman–Crippen LogP) is 2.26. The first-order valence-electron chi connectivity index (χ1n) is 5.43. The normalized spacial score (nSPS) is 10.0. The summed E-state index contributed by atoms with van der Waals surface area (Å²) in [6.07, 6.45) is 0. The lowest BCUT2D eigenvalue weighted by molar-refractivity contribution is -0.128. The quantitative estimate of drug-likeness (QED) is 0.753. The van der Waals surface area contributed by atoms with Gasteiger partial charge in [0.05, 0.1) is 12.1 Å². The third-order valence-corrected chi connectivity index (χ3v) is 3.91. The monoisotopic (exact) mass is 424 g/mol. The number of hydrogen-bond acceptors (Lipinski definition) is 2. The fraction of sp³-hybridized carbons (Fsp3) is 0.333. The summed E-state index contributed by atoms with van der Waals surface area (Å²) in [4.78, 5) is 25.0. The van der Waals surface area contributed by atoms with Crippen LogP contribution in [0.3, 0.4) is 0 Å². The number of nitrogens with zero attached hydrogens (tertiary/aromatic N) is 1. The van der Waals surface area contributed by atoms with E-state index in [0.717, 1.165) is 8.04 Å². The number of halogens is 2. The average molecular weight is 425 g/mol. The molecule has 1 N–H and O–H groups in total. The van der Waals surface area contributed by atoms with Gasteiger partial charge in [-0.1, -0.05) is 15.9 Å². The number of rotatable bonds is 4. The zero-order valence-electron chi connectivity index (χ0n) is 10.2. The summed E-state index contributed by atoms with van der Waals surface area (Å²) in [6, 6.07) is 5.46. The number of amides is 2. The fourth-order valence-electron chi connectivity index (χ4n) is 1.23. The van der Waals surface area contributed by atoms with E-state index in [1.807, 2.05) is 19.1 Å². The first-order chi connectivity index (χ1) is 8.45. The maximum absolute atomic E-state index is 11.9. The molecule has 0 spiro atoms. The van der Waals surface area contributed by atoms with Crippen LogP contribution < -0.4 is 5.32 Å². The van der Waals surface area contributed by atoms with Crippen LogP contribution in [0, 0.1) is 3.57 Å². The standard InChI is InChI=1S/C12H14BrIN2O2/c1-3-16(2)11(17)7-15-12(18)9-6-8(13)4-5-10(9)14/h4-6H,3,7H2,1-2H3,(H,15,18). The van der Waals surface area contributed by atoms with Crippen LogP contribution in [-0.2, 0) is 4.79 Å². The maximum atomic E-state index is 11.9. The summed E-state index contributed by atoms with van der Waals surface area (Å²) in [5.41, 5.74) is 0.567. The molecule has 0 heterocycles. The van der Waals surface area contributed by atoms with Crippen molar-refractivity contribution in [2.24, 2.45) is 0 Å². The summed E-state index contributed by atoms with van der Waals surface area (Å²) in [6.45, 7) is 2.53. The highest BCUT2D eigenvalue weighted by Gasteiger charge is 2.13. The molecule has 0 saturated heterocycles. The van der Waals surface area contributed by atoms with Crippen molar-refractivity contribution in [3.63, 3.8) is 0 Å². The summed E-state index contributed by atoms with van der Waals surface area (Å²) >= 11 is 5.41. The van der Waals surface area contributed by atoms with E-state index in [9.17, 15) is 9.59 Å². The number of nitrogens with one attached hydrogen (secondary N) is 1. The van der Waals surface area contributed by atoms with E-state index in [-0.39, 0.29) is 18.4 Å². The van der Waals surface area contributed by atoms with E-state index in [1.54, 1.807) is 18.0 Å². The Morgan fingerprint density at radius 2 is 2.11 bits per heavy atom. The molecule has 0 aliphatic carbocycles. The first kappa shape index (κ1) is 15.4. The van der Waals surface area contributed by atoms with Crippen molar-refractivity contribution in [3.8, 4) is 0 Å². The van der Waals surface area contributed by atoms with Gasteiger partial charge in [-0.05, 0) is 47.7 Å². The number of likely N-dealkylation sites (N-methyl/N-ethyl adjacent to an activating group) is 1. The smallest absolute Gasteiger partial charge is 0.252 e. The summed E-state index contributed by atoms with van der Waals surface area (Å²) in [7, 11) is 1.71. The van der Waals surface area contributed by atoms with E-state index in [0.29, 0.717) is 12.1 Å². The second-order valence-corrected chi connectivity index (χ2v) is 5.79. The molecule has 1 aromatic rings. The average Bonchev–Trinajstić information content (AvgIpc) is 2.37. The number of hydrogen-bond donors (Lipinski definition) is 1. The van der Waals surface area contributed by atoms with Crippen molar-refractivity contribution < 1.29 is 9.59 Å². The highest BCUT2D eigenvalue weighted by Crippen LogP contribution is 2.18. The van der Waals surface area contributed by atoms with Crippen LogP contribution in [-0.4, -0.2) is 36.9 Å². The van der Waals surface area contributed by atoms with Crippen molar-refractivity contribution in [1.82, 2.24) is 10.2 Å². The lowest BCUT2D eigenvalue weighted by Gasteiger charge is -2.15. The summed E-state index contributed by atoms with van der Waals surface area (Å²) in [5, 5.41) is 2.63. The van der Waals surface area contributed by atoms with Crippen molar-refractivity contribution >= 4 is 50.3 Å².